The molecule has 0 saturated carbocycles. The average Bonchev–Trinajstić information content (AvgIpc) is 2.32. The molecule has 2 heteroatoms. The lowest BCUT2D eigenvalue weighted by atomic mass is 10.0. The van der Waals surface area contributed by atoms with Gasteiger partial charge in [0.25, 0.3) is 0 Å². The van der Waals surface area contributed by atoms with Crippen LogP contribution in [-0.2, 0) is 0 Å². The SMILES string of the molecule is CCCCCCCC(O)c1ccc(F)c(C)c1. The van der Waals surface area contributed by atoms with Gasteiger partial charge in [-0.15, -0.1) is 0 Å². The van der Waals surface area contributed by atoms with Gasteiger partial charge in [-0.1, -0.05) is 51.2 Å². The fourth-order valence-corrected chi connectivity index (χ4v) is 1.98. The van der Waals surface area contributed by atoms with E-state index in [1.54, 1.807) is 19.1 Å². The van der Waals surface area contributed by atoms with Gasteiger partial charge in [-0.3, -0.25) is 0 Å². The third-order valence-electron chi connectivity index (χ3n) is 3.15. The second-order valence-electron chi connectivity index (χ2n) is 4.73. The minimum Gasteiger partial charge on any atom is -0.388 e. The molecule has 1 aromatic carbocycles. The van der Waals surface area contributed by atoms with E-state index in [-0.39, 0.29) is 5.82 Å². The number of unbranched alkanes of at least 4 members (excludes halogenated alkanes) is 4. The van der Waals surface area contributed by atoms with Crippen LogP contribution < -0.4 is 0 Å². The Hall–Kier alpha value is -0.890. The summed E-state index contributed by atoms with van der Waals surface area (Å²) < 4.78 is 13.1. The lowest BCUT2D eigenvalue weighted by Crippen LogP contribution is -1.98. The van der Waals surface area contributed by atoms with E-state index in [0.717, 1.165) is 18.4 Å². The number of hydrogen-bond donors (Lipinski definition) is 1. The fraction of sp³-hybridized carbons (Fsp3) is 0.600. The van der Waals surface area contributed by atoms with Crippen molar-refractivity contribution in [2.24, 2.45) is 0 Å². The summed E-state index contributed by atoms with van der Waals surface area (Å²) in [5, 5.41) is 9.97. The molecule has 96 valence electrons. The molecule has 1 N–H and O–H groups in total. The monoisotopic (exact) mass is 238 g/mol. The number of aliphatic hydroxyl groups excluding tert-OH is 1. The normalized spacial score (nSPS) is 12.7. The van der Waals surface area contributed by atoms with E-state index in [1.807, 2.05) is 0 Å². The molecule has 0 aromatic heterocycles. The largest absolute Gasteiger partial charge is 0.388 e. The third kappa shape index (κ3) is 4.86. The van der Waals surface area contributed by atoms with Gasteiger partial charge >= 0.3 is 0 Å². The molecule has 0 heterocycles. The molecule has 1 unspecified atom stereocenters. The molecule has 1 rings (SSSR count). The van der Waals surface area contributed by atoms with Crippen LogP contribution in [0.1, 0.15) is 62.7 Å². The van der Waals surface area contributed by atoms with Crippen LogP contribution in [0.5, 0.6) is 0 Å². The van der Waals surface area contributed by atoms with E-state index in [0.29, 0.717) is 5.56 Å². The van der Waals surface area contributed by atoms with Crippen LogP contribution in [0.25, 0.3) is 0 Å². The Bertz CT molecular complexity index is 336. The molecule has 0 radical (unpaired) electrons. The Balaban J connectivity index is 2.36. The number of aryl methyl sites for hydroxylation is 1. The van der Waals surface area contributed by atoms with E-state index in [4.69, 9.17) is 0 Å². The van der Waals surface area contributed by atoms with E-state index in [2.05, 4.69) is 6.92 Å². The maximum Gasteiger partial charge on any atom is 0.126 e. The van der Waals surface area contributed by atoms with Gasteiger partial charge in [0.2, 0.25) is 0 Å². The van der Waals surface area contributed by atoms with Gasteiger partial charge in [0.1, 0.15) is 5.82 Å². The van der Waals surface area contributed by atoms with Crippen molar-refractivity contribution in [1.82, 2.24) is 0 Å². The topological polar surface area (TPSA) is 20.2 Å². The zero-order valence-electron chi connectivity index (χ0n) is 10.9. The van der Waals surface area contributed by atoms with E-state index < -0.39 is 6.10 Å². The van der Waals surface area contributed by atoms with Gasteiger partial charge in [0.15, 0.2) is 0 Å². The molecule has 1 nitrogen and oxygen atoms in total. The van der Waals surface area contributed by atoms with Crippen molar-refractivity contribution < 1.29 is 9.50 Å². The van der Waals surface area contributed by atoms with E-state index in [1.165, 1.54) is 31.7 Å². The maximum atomic E-state index is 13.1. The van der Waals surface area contributed by atoms with Gasteiger partial charge in [-0.2, -0.15) is 0 Å². The number of rotatable bonds is 7. The van der Waals surface area contributed by atoms with Gasteiger partial charge in [0, 0.05) is 0 Å². The Morgan fingerprint density at radius 1 is 1.18 bits per heavy atom. The summed E-state index contributed by atoms with van der Waals surface area (Å²) in [5.41, 5.74) is 1.44. The van der Waals surface area contributed by atoms with Crippen LogP contribution in [0, 0.1) is 12.7 Å². The summed E-state index contributed by atoms with van der Waals surface area (Å²) in [6.45, 7) is 3.92. The second kappa shape index (κ2) is 7.44. The molecule has 0 aliphatic rings. The highest BCUT2D eigenvalue weighted by atomic mass is 19.1. The van der Waals surface area contributed by atoms with Crippen molar-refractivity contribution in [3.05, 3.63) is 35.1 Å². The van der Waals surface area contributed by atoms with E-state index in [9.17, 15) is 9.50 Å². The Morgan fingerprint density at radius 2 is 1.88 bits per heavy atom. The highest BCUT2D eigenvalue weighted by Gasteiger charge is 2.08. The molecule has 0 saturated heterocycles. The summed E-state index contributed by atoms with van der Waals surface area (Å²) >= 11 is 0. The highest BCUT2D eigenvalue weighted by Crippen LogP contribution is 2.22. The molecule has 0 bridgehead atoms. The first-order valence-corrected chi connectivity index (χ1v) is 6.59. The quantitative estimate of drug-likeness (QED) is 0.692. The molecular formula is C15H23FO. The molecule has 0 amide bonds. The van der Waals surface area contributed by atoms with E-state index >= 15 is 0 Å². The molecule has 0 spiro atoms. The maximum absolute atomic E-state index is 13.1. The van der Waals surface area contributed by atoms with Gasteiger partial charge in [-0.25, -0.2) is 4.39 Å². The lowest BCUT2D eigenvalue weighted by Gasteiger charge is -2.11. The number of aliphatic hydroxyl groups is 1. The minimum atomic E-state index is -0.448. The van der Waals surface area contributed by atoms with Crippen molar-refractivity contribution in [1.29, 1.82) is 0 Å². The van der Waals surface area contributed by atoms with Gasteiger partial charge < -0.3 is 5.11 Å². The summed E-state index contributed by atoms with van der Waals surface area (Å²) in [6, 6.07) is 4.86. The van der Waals surface area contributed by atoms with Crippen LogP contribution >= 0.6 is 0 Å². The molecule has 17 heavy (non-hydrogen) atoms. The molecule has 1 aromatic rings. The van der Waals surface area contributed by atoms with Gasteiger partial charge in [-0.05, 0) is 30.5 Å². The second-order valence-corrected chi connectivity index (χ2v) is 4.73. The van der Waals surface area contributed by atoms with Crippen LogP contribution in [0.15, 0.2) is 18.2 Å². The Labute approximate surface area is 104 Å². The van der Waals surface area contributed by atoms with Crippen LogP contribution in [0.4, 0.5) is 4.39 Å². The highest BCUT2D eigenvalue weighted by molar-refractivity contribution is 5.25. The first kappa shape index (κ1) is 14.2. The van der Waals surface area contributed by atoms with Crippen molar-refractivity contribution in [3.63, 3.8) is 0 Å². The zero-order valence-corrected chi connectivity index (χ0v) is 10.9. The summed E-state index contributed by atoms with van der Waals surface area (Å²) in [4.78, 5) is 0. The Morgan fingerprint density at radius 3 is 2.53 bits per heavy atom. The molecule has 1 atom stereocenters. The van der Waals surface area contributed by atoms with Crippen LogP contribution in [-0.4, -0.2) is 5.11 Å². The fourth-order valence-electron chi connectivity index (χ4n) is 1.98. The summed E-state index contributed by atoms with van der Waals surface area (Å²) in [5.74, 6) is -0.205. The molecule has 0 aliphatic carbocycles. The van der Waals surface area contributed by atoms with Crippen molar-refractivity contribution in [2.45, 2.75) is 58.5 Å². The average molecular weight is 238 g/mol. The predicted octanol–water partition coefficient (Wildman–Crippen LogP) is 4.53. The molecule has 0 aliphatic heterocycles. The first-order valence-electron chi connectivity index (χ1n) is 6.59. The number of halogens is 1. The third-order valence-corrected chi connectivity index (χ3v) is 3.15. The lowest BCUT2D eigenvalue weighted by molar-refractivity contribution is 0.163. The first-order chi connectivity index (χ1) is 8.15. The van der Waals surface area contributed by atoms with Crippen LogP contribution in [0.2, 0.25) is 0 Å². The molecule has 0 fully saturated rings. The van der Waals surface area contributed by atoms with Crippen molar-refractivity contribution in [2.75, 3.05) is 0 Å². The number of hydrogen-bond acceptors (Lipinski definition) is 1. The van der Waals surface area contributed by atoms with Gasteiger partial charge in [0.05, 0.1) is 6.10 Å². The standard InChI is InChI=1S/C15H23FO/c1-3-4-5-6-7-8-15(17)13-9-10-14(16)12(2)11-13/h9-11,15,17H,3-8H2,1-2H3. The zero-order chi connectivity index (χ0) is 12.7. The smallest absolute Gasteiger partial charge is 0.126 e. The Kier molecular flexibility index (Phi) is 6.20. The van der Waals surface area contributed by atoms with Crippen molar-refractivity contribution in [3.8, 4) is 0 Å². The predicted molar refractivity (Wildman–Crippen MR) is 69.5 cm³/mol. The summed E-state index contributed by atoms with van der Waals surface area (Å²) in [6.07, 6.45) is 6.28. The number of benzene rings is 1. The summed E-state index contributed by atoms with van der Waals surface area (Å²) in [7, 11) is 0. The molecular weight excluding hydrogens is 215 g/mol. The minimum absolute atomic E-state index is 0.205. The van der Waals surface area contributed by atoms with Crippen LogP contribution in [0.3, 0.4) is 0 Å². The van der Waals surface area contributed by atoms with Crippen molar-refractivity contribution >= 4 is 0 Å².